The molecular weight excluding hydrogens is 370 g/mol. The van der Waals surface area contributed by atoms with Gasteiger partial charge in [0.2, 0.25) is 0 Å². The van der Waals surface area contributed by atoms with Crippen LogP contribution in [0, 0.1) is 5.92 Å². The van der Waals surface area contributed by atoms with Crippen LogP contribution in [0.4, 0.5) is 4.79 Å². The molecule has 1 saturated carbocycles. The summed E-state index contributed by atoms with van der Waals surface area (Å²) in [5, 5.41) is 3.29. The van der Waals surface area contributed by atoms with E-state index in [-0.39, 0.29) is 11.6 Å². The van der Waals surface area contributed by atoms with Crippen molar-refractivity contribution in [1.29, 1.82) is 0 Å². The van der Waals surface area contributed by atoms with Crippen molar-refractivity contribution in [3.05, 3.63) is 48.6 Å². The maximum Gasteiger partial charge on any atom is 0.318 e. The number of benzene rings is 1. The number of carbonyl (C=O) groups excluding carboxylic acids is 1. The summed E-state index contributed by atoms with van der Waals surface area (Å²) in [6.07, 6.45) is 12.6. The zero-order valence-corrected chi connectivity index (χ0v) is 19.0. The van der Waals surface area contributed by atoms with E-state index in [0.717, 1.165) is 58.4 Å². The van der Waals surface area contributed by atoms with Gasteiger partial charge in [0, 0.05) is 32.7 Å². The molecule has 2 amide bonds. The van der Waals surface area contributed by atoms with Crippen LogP contribution in [0.15, 0.2) is 43.0 Å². The molecule has 1 N–H and O–H groups in total. The van der Waals surface area contributed by atoms with Crippen molar-refractivity contribution in [1.82, 2.24) is 15.1 Å². The maximum absolute atomic E-state index is 13.3. The van der Waals surface area contributed by atoms with Crippen LogP contribution in [-0.2, 0) is 6.54 Å². The van der Waals surface area contributed by atoms with E-state index in [1.54, 1.807) is 0 Å². The van der Waals surface area contributed by atoms with Crippen molar-refractivity contribution >= 4 is 6.03 Å². The maximum atomic E-state index is 13.3. The second-order valence-electron chi connectivity index (χ2n) is 9.26. The second-order valence-corrected chi connectivity index (χ2v) is 9.26. The Morgan fingerprint density at radius 3 is 2.53 bits per heavy atom. The van der Waals surface area contributed by atoms with Gasteiger partial charge < -0.3 is 10.2 Å². The lowest BCUT2D eigenvalue weighted by Crippen LogP contribution is -2.59. The van der Waals surface area contributed by atoms with Crippen molar-refractivity contribution in [3.8, 4) is 0 Å². The van der Waals surface area contributed by atoms with Gasteiger partial charge in [0.15, 0.2) is 0 Å². The Labute approximate surface area is 183 Å². The van der Waals surface area contributed by atoms with Crippen molar-refractivity contribution in [2.45, 2.75) is 76.8 Å². The monoisotopic (exact) mass is 411 g/mol. The topological polar surface area (TPSA) is 35.6 Å². The highest BCUT2D eigenvalue weighted by atomic mass is 16.2. The number of likely N-dealkylation sites (tertiary alicyclic amines) is 1. The lowest BCUT2D eigenvalue weighted by molar-refractivity contribution is 0.0723. The number of hydrogen-bond acceptors (Lipinski definition) is 2. The molecule has 1 saturated heterocycles. The lowest BCUT2D eigenvalue weighted by Gasteiger charge is -2.47. The molecule has 1 aliphatic heterocycles. The third kappa shape index (κ3) is 6.10. The van der Waals surface area contributed by atoms with Gasteiger partial charge >= 0.3 is 6.03 Å². The molecular formula is C26H41N3O. The highest BCUT2D eigenvalue weighted by molar-refractivity contribution is 5.75. The minimum absolute atomic E-state index is 0.116. The van der Waals surface area contributed by atoms with Gasteiger partial charge in [-0.15, -0.1) is 6.58 Å². The third-order valence-electron chi connectivity index (χ3n) is 7.14. The SMILES string of the molecule is C=CC1(N(CCCC)C(=O)NCC2CCCCC2)CCN(Cc2ccccc2)CC1. The van der Waals surface area contributed by atoms with Gasteiger partial charge in [0.25, 0.3) is 0 Å². The quantitative estimate of drug-likeness (QED) is 0.537. The first-order valence-electron chi connectivity index (χ1n) is 12.1. The van der Waals surface area contributed by atoms with Gasteiger partial charge in [-0.25, -0.2) is 4.79 Å². The van der Waals surface area contributed by atoms with E-state index in [4.69, 9.17) is 0 Å². The van der Waals surface area contributed by atoms with E-state index in [2.05, 4.69) is 65.0 Å². The Bertz CT molecular complexity index is 646. The Morgan fingerprint density at radius 2 is 1.90 bits per heavy atom. The molecule has 166 valence electrons. The number of piperidine rings is 1. The molecule has 0 atom stereocenters. The van der Waals surface area contributed by atoms with Gasteiger partial charge in [0.1, 0.15) is 0 Å². The molecule has 2 aliphatic rings. The molecule has 0 bridgehead atoms. The van der Waals surface area contributed by atoms with Crippen LogP contribution in [0.3, 0.4) is 0 Å². The molecule has 0 unspecified atom stereocenters. The van der Waals surface area contributed by atoms with Crippen LogP contribution < -0.4 is 5.32 Å². The molecule has 0 aromatic heterocycles. The first kappa shape index (κ1) is 22.9. The Kier molecular flexibility index (Phi) is 8.80. The summed E-state index contributed by atoms with van der Waals surface area (Å²) in [6.45, 7) is 11.0. The van der Waals surface area contributed by atoms with Crippen molar-refractivity contribution in [2.24, 2.45) is 5.92 Å². The van der Waals surface area contributed by atoms with E-state index in [0.29, 0.717) is 5.92 Å². The highest BCUT2D eigenvalue weighted by Crippen LogP contribution is 2.32. The van der Waals surface area contributed by atoms with Crippen LogP contribution >= 0.6 is 0 Å². The Morgan fingerprint density at radius 1 is 1.20 bits per heavy atom. The zero-order chi connectivity index (χ0) is 21.2. The minimum atomic E-state index is -0.223. The molecule has 4 heteroatoms. The normalized spacial score (nSPS) is 19.9. The molecule has 1 aromatic rings. The average Bonchev–Trinajstić information content (AvgIpc) is 2.80. The van der Waals surface area contributed by atoms with E-state index in [1.807, 2.05) is 0 Å². The number of rotatable bonds is 9. The van der Waals surface area contributed by atoms with Crippen LogP contribution in [0.25, 0.3) is 0 Å². The lowest BCUT2D eigenvalue weighted by atomic mass is 9.85. The van der Waals surface area contributed by atoms with Crippen molar-refractivity contribution in [2.75, 3.05) is 26.2 Å². The summed E-state index contributed by atoms with van der Waals surface area (Å²) in [4.78, 5) is 17.9. The molecule has 4 nitrogen and oxygen atoms in total. The van der Waals surface area contributed by atoms with Crippen LogP contribution in [0.1, 0.15) is 70.3 Å². The Hall–Kier alpha value is -1.81. The van der Waals surface area contributed by atoms with E-state index >= 15 is 0 Å². The fraction of sp³-hybridized carbons (Fsp3) is 0.654. The van der Waals surface area contributed by atoms with E-state index < -0.39 is 0 Å². The number of nitrogens with one attached hydrogen (secondary N) is 1. The summed E-state index contributed by atoms with van der Waals surface area (Å²) in [7, 11) is 0. The van der Waals surface area contributed by atoms with Crippen LogP contribution in [0.5, 0.6) is 0 Å². The smallest absolute Gasteiger partial charge is 0.318 e. The van der Waals surface area contributed by atoms with E-state index in [9.17, 15) is 4.79 Å². The Balaban J connectivity index is 1.60. The number of hydrogen-bond donors (Lipinski definition) is 1. The number of carbonyl (C=O) groups is 1. The second kappa shape index (κ2) is 11.5. The average molecular weight is 412 g/mol. The van der Waals surface area contributed by atoms with E-state index in [1.165, 1.54) is 37.7 Å². The first-order valence-corrected chi connectivity index (χ1v) is 12.1. The van der Waals surface area contributed by atoms with Gasteiger partial charge in [0.05, 0.1) is 5.54 Å². The predicted octanol–water partition coefficient (Wildman–Crippen LogP) is 5.60. The molecule has 1 aliphatic carbocycles. The number of amides is 2. The van der Waals surface area contributed by atoms with Crippen molar-refractivity contribution < 1.29 is 4.79 Å². The molecule has 1 aromatic carbocycles. The number of nitrogens with zero attached hydrogens (tertiary/aromatic N) is 2. The molecule has 2 fully saturated rings. The fourth-order valence-corrected chi connectivity index (χ4v) is 5.09. The number of urea groups is 1. The summed E-state index contributed by atoms with van der Waals surface area (Å²) >= 11 is 0. The van der Waals surface area contributed by atoms with Gasteiger partial charge in [-0.2, -0.15) is 0 Å². The molecule has 3 rings (SSSR count). The summed E-state index contributed by atoms with van der Waals surface area (Å²) < 4.78 is 0. The van der Waals surface area contributed by atoms with Gasteiger partial charge in [-0.05, 0) is 43.6 Å². The van der Waals surface area contributed by atoms with Gasteiger partial charge in [-0.3, -0.25) is 4.90 Å². The standard InChI is InChI=1S/C26H41N3O/c1-3-5-18-29(25(30)27-21-23-12-8-6-9-13-23)26(4-2)16-19-28(20-17-26)22-24-14-10-7-11-15-24/h4,7,10-11,14-15,23H,2-3,5-6,8-9,12-13,16-22H2,1H3,(H,27,30). The summed E-state index contributed by atoms with van der Waals surface area (Å²) in [6, 6.07) is 10.8. The molecule has 1 heterocycles. The minimum Gasteiger partial charge on any atom is -0.338 e. The summed E-state index contributed by atoms with van der Waals surface area (Å²) in [5.74, 6) is 0.656. The number of unbranched alkanes of at least 4 members (excludes halogenated alkanes) is 1. The fourth-order valence-electron chi connectivity index (χ4n) is 5.09. The molecule has 0 radical (unpaired) electrons. The largest absolute Gasteiger partial charge is 0.338 e. The van der Waals surface area contributed by atoms with Crippen LogP contribution in [-0.4, -0.2) is 47.5 Å². The van der Waals surface area contributed by atoms with Gasteiger partial charge in [-0.1, -0.05) is 69.0 Å². The summed E-state index contributed by atoms with van der Waals surface area (Å²) in [5.41, 5.74) is 1.13. The molecule has 30 heavy (non-hydrogen) atoms. The zero-order valence-electron chi connectivity index (χ0n) is 19.0. The predicted molar refractivity (Wildman–Crippen MR) is 125 cm³/mol. The third-order valence-corrected chi connectivity index (χ3v) is 7.14. The first-order chi connectivity index (χ1) is 14.7. The van der Waals surface area contributed by atoms with Crippen molar-refractivity contribution in [3.63, 3.8) is 0 Å². The molecule has 0 spiro atoms. The van der Waals surface area contributed by atoms with Crippen LogP contribution in [0.2, 0.25) is 0 Å². The highest BCUT2D eigenvalue weighted by Gasteiger charge is 2.39.